The minimum atomic E-state index is -0.606. The van der Waals surface area contributed by atoms with Crippen molar-refractivity contribution >= 4 is 11.4 Å². The lowest BCUT2D eigenvalue weighted by molar-refractivity contribution is 0.152. The van der Waals surface area contributed by atoms with Crippen molar-refractivity contribution in [1.29, 1.82) is 0 Å². The summed E-state index contributed by atoms with van der Waals surface area (Å²) in [5.74, 6) is 2.09. The fourth-order valence-electron chi connectivity index (χ4n) is 3.18. The Kier molecular flexibility index (Phi) is 4.10. The molecular formula is C20H19N3O3. The maximum absolute atomic E-state index is 6.25. The molecule has 3 aromatic rings. The maximum Gasteiger partial charge on any atom is 0.231 e. The van der Waals surface area contributed by atoms with Crippen LogP contribution in [0.25, 0.3) is 17.0 Å². The molecule has 0 fully saturated rings. The second-order valence-electron chi connectivity index (χ2n) is 5.90. The molecule has 0 aliphatic carbocycles. The standard InChI is InChI=1S/C20H19N3O3/c1-13-19(14-6-4-3-5-7-14)23(20(21)26-13)15-8-9-16(17(10-15)24-2)18-11-22-12-25-18/h3-12,20H,21H2,1-2H3. The van der Waals surface area contributed by atoms with E-state index in [0.717, 1.165) is 28.3 Å². The highest BCUT2D eigenvalue weighted by Crippen LogP contribution is 2.40. The zero-order valence-corrected chi connectivity index (χ0v) is 14.5. The van der Waals surface area contributed by atoms with E-state index in [-0.39, 0.29) is 0 Å². The van der Waals surface area contributed by atoms with Crippen LogP contribution < -0.4 is 15.4 Å². The van der Waals surface area contributed by atoms with Crippen molar-refractivity contribution < 1.29 is 13.9 Å². The molecule has 6 heteroatoms. The number of ether oxygens (including phenoxy) is 2. The van der Waals surface area contributed by atoms with Crippen LogP contribution in [0.15, 0.2) is 71.3 Å². The number of anilines is 1. The number of oxazole rings is 1. The zero-order valence-electron chi connectivity index (χ0n) is 14.5. The molecule has 132 valence electrons. The molecule has 0 bridgehead atoms. The van der Waals surface area contributed by atoms with Crippen LogP contribution in [0.3, 0.4) is 0 Å². The largest absolute Gasteiger partial charge is 0.496 e. The van der Waals surface area contributed by atoms with E-state index in [1.807, 2.05) is 60.4 Å². The highest BCUT2D eigenvalue weighted by Gasteiger charge is 2.31. The van der Waals surface area contributed by atoms with E-state index in [4.69, 9.17) is 19.6 Å². The van der Waals surface area contributed by atoms with Gasteiger partial charge in [0.1, 0.15) is 11.5 Å². The summed E-state index contributed by atoms with van der Waals surface area (Å²) < 4.78 is 16.7. The number of nitrogens with two attached hydrogens (primary N) is 1. The molecule has 2 N–H and O–H groups in total. The lowest BCUT2D eigenvalue weighted by atomic mass is 10.1. The Morgan fingerprint density at radius 2 is 1.96 bits per heavy atom. The first kappa shape index (κ1) is 16.2. The highest BCUT2D eigenvalue weighted by molar-refractivity contribution is 5.84. The van der Waals surface area contributed by atoms with Gasteiger partial charge in [-0.2, -0.15) is 0 Å². The van der Waals surface area contributed by atoms with Gasteiger partial charge in [0.05, 0.1) is 24.6 Å². The number of rotatable bonds is 4. The topological polar surface area (TPSA) is 73.8 Å². The van der Waals surface area contributed by atoms with Gasteiger partial charge < -0.3 is 13.9 Å². The highest BCUT2D eigenvalue weighted by atomic mass is 16.5. The predicted molar refractivity (Wildman–Crippen MR) is 99.1 cm³/mol. The zero-order chi connectivity index (χ0) is 18.1. The van der Waals surface area contributed by atoms with Gasteiger partial charge in [-0.1, -0.05) is 30.3 Å². The van der Waals surface area contributed by atoms with Gasteiger partial charge in [0.15, 0.2) is 12.2 Å². The molecule has 2 heterocycles. The summed E-state index contributed by atoms with van der Waals surface area (Å²) in [6.45, 7) is 1.92. The van der Waals surface area contributed by atoms with Crippen molar-refractivity contribution in [2.24, 2.45) is 5.73 Å². The summed E-state index contributed by atoms with van der Waals surface area (Å²) in [7, 11) is 1.62. The SMILES string of the molecule is COc1cc(N2C(c3ccccc3)=C(C)OC2N)ccc1-c1cnco1. The summed E-state index contributed by atoms with van der Waals surface area (Å²) in [6.07, 6.45) is 2.44. The van der Waals surface area contributed by atoms with Gasteiger partial charge in [-0.25, -0.2) is 4.98 Å². The van der Waals surface area contributed by atoms with Gasteiger partial charge >= 0.3 is 0 Å². The van der Waals surface area contributed by atoms with Crippen LogP contribution >= 0.6 is 0 Å². The molecule has 4 rings (SSSR count). The minimum absolute atomic E-state index is 0.606. The van der Waals surface area contributed by atoms with Crippen LogP contribution in [-0.4, -0.2) is 18.4 Å². The third kappa shape index (κ3) is 2.70. The van der Waals surface area contributed by atoms with Crippen LogP contribution in [0, 0.1) is 0 Å². The number of methoxy groups -OCH3 is 1. The van der Waals surface area contributed by atoms with Crippen LogP contribution in [-0.2, 0) is 4.74 Å². The maximum atomic E-state index is 6.25. The van der Waals surface area contributed by atoms with E-state index >= 15 is 0 Å². The molecule has 1 aliphatic rings. The van der Waals surface area contributed by atoms with Crippen molar-refractivity contribution in [3.8, 4) is 17.1 Å². The second kappa shape index (κ2) is 6.57. The fraction of sp³-hybridized carbons (Fsp3) is 0.150. The molecule has 0 saturated heterocycles. The molecule has 6 nitrogen and oxygen atoms in total. The molecule has 1 atom stereocenters. The molecule has 1 unspecified atom stereocenters. The molecule has 2 aromatic carbocycles. The van der Waals surface area contributed by atoms with Gasteiger partial charge in [-0.15, -0.1) is 0 Å². The number of hydrogen-bond acceptors (Lipinski definition) is 6. The first-order valence-corrected chi connectivity index (χ1v) is 8.23. The number of nitrogens with zero attached hydrogens (tertiary/aromatic N) is 2. The number of allylic oxidation sites excluding steroid dienone is 1. The Morgan fingerprint density at radius 3 is 2.65 bits per heavy atom. The Bertz CT molecular complexity index is 936. The van der Waals surface area contributed by atoms with E-state index in [9.17, 15) is 0 Å². The Labute approximate surface area is 151 Å². The van der Waals surface area contributed by atoms with E-state index in [2.05, 4.69) is 4.98 Å². The minimum Gasteiger partial charge on any atom is -0.496 e. The smallest absolute Gasteiger partial charge is 0.231 e. The Hall–Kier alpha value is -3.25. The summed E-state index contributed by atoms with van der Waals surface area (Å²) in [5.41, 5.74) is 9.91. The summed E-state index contributed by atoms with van der Waals surface area (Å²) >= 11 is 0. The Morgan fingerprint density at radius 1 is 1.15 bits per heavy atom. The van der Waals surface area contributed by atoms with Gasteiger partial charge in [0, 0.05) is 17.3 Å². The van der Waals surface area contributed by atoms with Crippen molar-refractivity contribution in [3.05, 3.63) is 72.4 Å². The van der Waals surface area contributed by atoms with Crippen LogP contribution in [0.4, 0.5) is 5.69 Å². The van der Waals surface area contributed by atoms with Crippen molar-refractivity contribution in [2.45, 2.75) is 13.3 Å². The van der Waals surface area contributed by atoms with Crippen molar-refractivity contribution in [2.75, 3.05) is 12.0 Å². The van der Waals surface area contributed by atoms with Gasteiger partial charge in [0.2, 0.25) is 6.35 Å². The van der Waals surface area contributed by atoms with Gasteiger partial charge in [0.25, 0.3) is 0 Å². The number of aromatic nitrogens is 1. The average molecular weight is 349 g/mol. The third-order valence-electron chi connectivity index (χ3n) is 4.33. The second-order valence-corrected chi connectivity index (χ2v) is 5.90. The van der Waals surface area contributed by atoms with Crippen LogP contribution in [0.1, 0.15) is 12.5 Å². The van der Waals surface area contributed by atoms with Gasteiger partial charge in [-0.3, -0.25) is 10.6 Å². The molecule has 1 aromatic heterocycles. The molecule has 0 saturated carbocycles. The third-order valence-corrected chi connectivity index (χ3v) is 4.33. The Balaban J connectivity index is 1.79. The normalized spacial score (nSPS) is 16.7. The van der Waals surface area contributed by atoms with Crippen molar-refractivity contribution in [3.63, 3.8) is 0 Å². The monoisotopic (exact) mass is 349 g/mol. The van der Waals surface area contributed by atoms with Crippen LogP contribution in [0.5, 0.6) is 5.75 Å². The first-order valence-electron chi connectivity index (χ1n) is 8.23. The van der Waals surface area contributed by atoms with E-state index in [1.165, 1.54) is 6.39 Å². The summed E-state index contributed by atoms with van der Waals surface area (Å²) in [4.78, 5) is 5.92. The lowest BCUT2D eigenvalue weighted by Gasteiger charge is -2.25. The summed E-state index contributed by atoms with van der Waals surface area (Å²) in [5, 5.41) is 0. The van der Waals surface area contributed by atoms with E-state index < -0.39 is 6.35 Å². The predicted octanol–water partition coefficient (Wildman–Crippen LogP) is 3.82. The quantitative estimate of drug-likeness (QED) is 0.772. The van der Waals surface area contributed by atoms with Crippen molar-refractivity contribution in [1.82, 2.24) is 4.98 Å². The average Bonchev–Trinajstić information content (AvgIpc) is 3.29. The molecule has 0 spiro atoms. The molecule has 0 radical (unpaired) electrons. The first-order chi connectivity index (χ1) is 12.7. The van der Waals surface area contributed by atoms with E-state index in [0.29, 0.717) is 11.5 Å². The summed E-state index contributed by atoms with van der Waals surface area (Å²) in [6, 6.07) is 15.8. The van der Waals surface area contributed by atoms with E-state index in [1.54, 1.807) is 13.3 Å². The number of benzene rings is 2. The molecule has 1 aliphatic heterocycles. The molecular weight excluding hydrogens is 330 g/mol. The van der Waals surface area contributed by atoms with Crippen LogP contribution in [0.2, 0.25) is 0 Å². The fourth-order valence-corrected chi connectivity index (χ4v) is 3.18. The molecule has 0 amide bonds. The number of hydrogen-bond donors (Lipinski definition) is 1. The van der Waals surface area contributed by atoms with Gasteiger partial charge in [-0.05, 0) is 19.1 Å². The molecule has 26 heavy (non-hydrogen) atoms. The lowest BCUT2D eigenvalue weighted by Crippen LogP contribution is -2.37.